The van der Waals surface area contributed by atoms with Crippen LogP contribution in [0.5, 0.6) is 0 Å². The van der Waals surface area contributed by atoms with Crippen LogP contribution in [0.1, 0.15) is 58.8 Å². The second-order valence-electron chi connectivity index (χ2n) is 4.00. The largest absolute Gasteiger partial charge is 0.326 e. The zero-order valence-corrected chi connectivity index (χ0v) is 14.5. The maximum Gasteiger partial charge on any atom is 0.314 e. The van der Waals surface area contributed by atoms with Gasteiger partial charge < -0.3 is 9.79 Å². The Morgan fingerprint density at radius 1 is 1.13 bits per heavy atom. The van der Waals surface area contributed by atoms with Crippen LogP contribution in [0.15, 0.2) is 0 Å². The van der Waals surface area contributed by atoms with Gasteiger partial charge in [-0.05, 0) is 0 Å². The second-order valence-corrected chi connectivity index (χ2v) is 7.11. The summed E-state index contributed by atoms with van der Waals surface area (Å²) in [7, 11) is -3.13. The van der Waals surface area contributed by atoms with Crippen LogP contribution in [0.25, 0.3) is 0 Å². The van der Waals surface area contributed by atoms with Crippen molar-refractivity contribution in [3.8, 4) is 0 Å². The Morgan fingerprint density at radius 3 is 2.00 bits per heavy atom. The van der Waals surface area contributed by atoms with E-state index in [4.69, 9.17) is 14.4 Å². The van der Waals surface area contributed by atoms with Gasteiger partial charge >= 0.3 is 116 Å². The van der Waals surface area contributed by atoms with E-state index in [1.165, 1.54) is 44.9 Å². The van der Waals surface area contributed by atoms with Gasteiger partial charge in [-0.3, -0.25) is 4.57 Å². The molecule has 0 saturated carbocycles. The van der Waals surface area contributed by atoms with E-state index in [2.05, 4.69) is 13.8 Å². The molecule has 3 nitrogen and oxygen atoms in total. The molecular weight excluding hydrogens is 238 g/mol. The van der Waals surface area contributed by atoms with Crippen molar-refractivity contribution in [1.29, 1.82) is 0 Å². The van der Waals surface area contributed by atoms with Gasteiger partial charge in [0.1, 0.15) is 0 Å². The van der Waals surface area contributed by atoms with Crippen LogP contribution in [-0.4, -0.2) is 58.7 Å². The number of hydrogen-bond donors (Lipinski definition) is 2. The molecule has 2 N–H and O–H groups in total. The molecule has 0 aromatic heterocycles. The molecule has 0 aliphatic rings. The van der Waals surface area contributed by atoms with Crippen molar-refractivity contribution in [3.05, 3.63) is 0 Å². The Kier molecular flexibility index (Phi) is 20.1. The smallest absolute Gasteiger partial charge is 0.314 e. The van der Waals surface area contributed by atoms with Gasteiger partial charge in [0.2, 0.25) is 0 Å². The standard InChI is InChI=1S/C10H21.K.H3O3P/c1-3-5-7-9-10-8-6-4-2;;1-4(2)3/h5H,3-4,6-10H2,1-2H3;;4H,(H2,1,2,3). The van der Waals surface area contributed by atoms with Crippen LogP contribution in [0.3, 0.4) is 0 Å². The Labute approximate surface area is 129 Å². The second kappa shape index (κ2) is 15.8. The van der Waals surface area contributed by atoms with Crippen LogP contribution >= 0.6 is 8.25 Å². The predicted octanol–water partition coefficient (Wildman–Crippen LogP) is 3.07. The fourth-order valence-corrected chi connectivity index (χ4v) is 1.94. The minimum Gasteiger partial charge on any atom is -0.326 e. The van der Waals surface area contributed by atoms with Gasteiger partial charge in [-0.2, -0.15) is 0 Å². The molecular formula is C10H24KO3P. The van der Waals surface area contributed by atoms with Crippen molar-refractivity contribution in [1.82, 2.24) is 0 Å². The molecule has 0 amide bonds. The quantitative estimate of drug-likeness (QED) is 0.421. The molecule has 0 rings (SSSR count). The average Bonchev–Trinajstić information content (AvgIpc) is 2.16. The van der Waals surface area contributed by atoms with Crippen LogP contribution in [-0.2, 0) is 4.57 Å². The van der Waals surface area contributed by atoms with Crippen molar-refractivity contribution in [3.63, 3.8) is 0 Å². The van der Waals surface area contributed by atoms with Gasteiger partial charge in [-0.1, -0.05) is 0 Å². The number of hydrogen-bond acceptors (Lipinski definition) is 1. The van der Waals surface area contributed by atoms with Gasteiger partial charge in [0.25, 0.3) is 0 Å². The molecule has 1 atom stereocenters. The molecule has 88 valence electrons. The fourth-order valence-electron chi connectivity index (χ4n) is 1.30. The van der Waals surface area contributed by atoms with E-state index in [-0.39, 0.29) is 0 Å². The summed E-state index contributed by atoms with van der Waals surface area (Å²) in [5, 5.41) is 0. The molecule has 15 heavy (non-hydrogen) atoms. The van der Waals surface area contributed by atoms with E-state index in [9.17, 15) is 0 Å². The van der Waals surface area contributed by atoms with Crippen molar-refractivity contribution in [2.24, 2.45) is 0 Å². The minimum atomic E-state index is -3.13. The summed E-state index contributed by atoms with van der Waals surface area (Å²) in [6, 6.07) is 0. The van der Waals surface area contributed by atoms with Crippen molar-refractivity contribution < 1.29 is 14.4 Å². The van der Waals surface area contributed by atoms with Crippen LogP contribution in [0.4, 0.5) is 0 Å². The first kappa shape index (κ1) is 19.1. The maximum atomic E-state index is 8.74. The maximum absolute atomic E-state index is 8.74. The normalized spacial score (nSPS) is 12.2. The molecule has 0 fully saturated rings. The summed E-state index contributed by atoms with van der Waals surface area (Å²) in [6.07, 6.45) is 10.2. The first-order valence-electron chi connectivity index (χ1n) is 5.96. The number of rotatable bonds is 7. The van der Waals surface area contributed by atoms with Gasteiger partial charge in [-0.25, -0.2) is 0 Å². The molecule has 0 aliphatic heterocycles. The van der Waals surface area contributed by atoms with Gasteiger partial charge in [0, 0.05) is 0 Å². The summed E-state index contributed by atoms with van der Waals surface area (Å²) in [5.74, 6) is 0. The Balaban J connectivity index is 0. The molecule has 0 aliphatic carbocycles. The van der Waals surface area contributed by atoms with Crippen LogP contribution < -0.4 is 0 Å². The molecule has 0 spiro atoms. The Morgan fingerprint density at radius 2 is 1.60 bits per heavy atom. The minimum absolute atomic E-state index is 1.08. The third kappa shape index (κ3) is 25.8. The third-order valence-corrected chi connectivity index (χ3v) is 4.67. The average molecular weight is 262 g/mol. The van der Waals surface area contributed by atoms with E-state index in [0.29, 0.717) is 0 Å². The van der Waals surface area contributed by atoms with Crippen LogP contribution in [0.2, 0.25) is 0.0125 Å². The van der Waals surface area contributed by atoms with Gasteiger partial charge in [0.15, 0.2) is 0 Å². The third-order valence-electron chi connectivity index (χ3n) is 2.50. The van der Waals surface area contributed by atoms with E-state index in [1.807, 2.05) is 0 Å². The van der Waals surface area contributed by atoms with E-state index >= 15 is 0 Å². The van der Waals surface area contributed by atoms with E-state index < -0.39 is 8.25 Å². The Hall–Kier alpha value is 1.79. The molecule has 0 heterocycles. The summed E-state index contributed by atoms with van der Waals surface area (Å²) in [6.45, 7) is 4.62. The van der Waals surface area contributed by atoms with Gasteiger partial charge in [-0.15, -0.1) is 0 Å². The zero-order valence-electron chi connectivity index (χ0n) is 10.3. The Bertz CT molecular complexity index is 141. The summed E-state index contributed by atoms with van der Waals surface area (Å²) in [5.41, 5.74) is 0. The molecule has 0 saturated heterocycles. The van der Waals surface area contributed by atoms with Gasteiger partial charge in [0.05, 0.1) is 0 Å². The summed E-state index contributed by atoms with van der Waals surface area (Å²) in [4.78, 5) is 14.3. The predicted molar refractivity (Wildman–Crippen MR) is 66.6 cm³/mol. The molecule has 1 unspecified atom stereocenters. The number of unbranched alkanes of at least 4 members (excludes halogenated alkanes) is 4. The molecule has 5 heteroatoms. The SMILES string of the molecule is CCCCCCC[CH]([K])CC.O=[PH](O)O. The molecule has 0 bridgehead atoms. The van der Waals surface area contributed by atoms with Crippen LogP contribution in [0, 0.1) is 0 Å². The van der Waals surface area contributed by atoms with Crippen molar-refractivity contribution in [2.45, 2.75) is 58.8 Å². The van der Waals surface area contributed by atoms with E-state index in [1.54, 1.807) is 0 Å². The summed E-state index contributed by atoms with van der Waals surface area (Å²) < 4.78 is 9.88. The molecule has 0 aromatic carbocycles. The first-order valence-corrected chi connectivity index (χ1v) is 9.07. The first-order chi connectivity index (χ1) is 7.04. The molecule has 0 radical (unpaired) electrons. The molecule has 0 aromatic rings. The van der Waals surface area contributed by atoms with Crippen molar-refractivity contribution in [2.75, 3.05) is 0 Å². The zero-order chi connectivity index (χ0) is 12.1. The topological polar surface area (TPSA) is 57.5 Å². The fraction of sp³-hybridized carbons (Fsp3) is 1.00. The summed E-state index contributed by atoms with van der Waals surface area (Å²) >= 11 is 1.08. The monoisotopic (exact) mass is 262 g/mol. The van der Waals surface area contributed by atoms with E-state index in [0.717, 1.165) is 49.0 Å². The van der Waals surface area contributed by atoms with Crippen molar-refractivity contribution >= 4 is 57.2 Å².